The molecule has 8 heteroatoms. The third-order valence-electron chi connectivity index (χ3n) is 3.57. The van der Waals surface area contributed by atoms with Crippen LogP contribution in [0.5, 0.6) is 0 Å². The molecule has 26 heavy (non-hydrogen) atoms. The molecule has 0 heterocycles. The standard InChI is InChI=1S/C18H29N3O4S/c1-12(2)17(20-14(5)22)18(23)19-10-15-6-8-16(9-7-15)11-26(24,25)21-13(3)4/h6-9,12-13,17,21H,10-11H2,1-5H3,(H,19,23)(H,20,22)/t17-/m0/s1. The van der Waals surface area contributed by atoms with E-state index in [-0.39, 0.29) is 29.5 Å². The number of sulfonamides is 1. The van der Waals surface area contributed by atoms with Gasteiger partial charge in [0.05, 0.1) is 5.75 Å². The molecule has 1 aromatic rings. The Kier molecular flexibility index (Phi) is 8.23. The monoisotopic (exact) mass is 383 g/mol. The van der Waals surface area contributed by atoms with Gasteiger partial charge in [0, 0.05) is 19.5 Å². The fourth-order valence-corrected chi connectivity index (χ4v) is 3.86. The average molecular weight is 384 g/mol. The molecule has 0 bridgehead atoms. The summed E-state index contributed by atoms with van der Waals surface area (Å²) >= 11 is 0. The highest BCUT2D eigenvalue weighted by atomic mass is 32.2. The van der Waals surface area contributed by atoms with E-state index < -0.39 is 16.1 Å². The first-order valence-corrected chi connectivity index (χ1v) is 10.3. The van der Waals surface area contributed by atoms with Crippen molar-refractivity contribution in [3.8, 4) is 0 Å². The summed E-state index contributed by atoms with van der Waals surface area (Å²) < 4.78 is 26.4. The van der Waals surface area contributed by atoms with Crippen molar-refractivity contribution in [3.63, 3.8) is 0 Å². The van der Waals surface area contributed by atoms with Gasteiger partial charge in [-0.2, -0.15) is 0 Å². The van der Waals surface area contributed by atoms with E-state index in [1.165, 1.54) is 6.92 Å². The second-order valence-electron chi connectivity index (χ2n) is 6.99. The fraction of sp³-hybridized carbons (Fsp3) is 0.556. The molecule has 146 valence electrons. The van der Waals surface area contributed by atoms with Crippen molar-refractivity contribution in [1.29, 1.82) is 0 Å². The molecule has 0 fully saturated rings. The minimum absolute atomic E-state index is 0.0278. The number of carbonyl (C=O) groups excluding carboxylic acids is 2. The Morgan fingerprint density at radius 2 is 1.54 bits per heavy atom. The maximum absolute atomic E-state index is 12.2. The van der Waals surface area contributed by atoms with Crippen LogP contribution in [0.25, 0.3) is 0 Å². The molecule has 0 aliphatic rings. The van der Waals surface area contributed by atoms with E-state index in [9.17, 15) is 18.0 Å². The molecule has 2 amide bonds. The Bertz CT molecular complexity index is 712. The molecular formula is C18H29N3O4S. The topological polar surface area (TPSA) is 104 Å². The first-order chi connectivity index (χ1) is 12.0. The minimum atomic E-state index is -3.36. The summed E-state index contributed by atoms with van der Waals surface area (Å²) in [7, 11) is -3.36. The predicted molar refractivity (Wildman–Crippen MR) is 102 cm³/mol. The summed E-state index contributed by atoms with van der Waals surface area (Å²) in [5.74, 6) is -0.613. The summed E-state index contributed by atoms with van der Waals surface area (Å²) in [5, 5.41) is 5.44. The lowest BCUT2D eigenvalue weighted by Crippen LogP contribution is -2.48. The summed E-state index contributed by atoms with van der Waals surface area (Å²) in [6.07, 6.45) is 0. The predicted octanol–water partition coefficient (Wildman–Crippen LogP) is 1.29. The molecule has 0 aliphatic heterocycles. The molecule has 0 saturated heterocycles. The van der Waals surface area contributed by atoms with Crippen LogP contribution in [0.2, 0.25) is 0 Å². The Hall–Kier alpha value is -1.93. The number of carbonyl (C=O) groups is 2. The number of amides is 2. The van der Waals surface area contributed by atoms with E-state index >= 15 is 0 Å². The van der Waals surface area contributed by atoms with Crippen molar-refractivity contribution in [2.24, 2.45) is 5.92 Å². The first kappa shape index (κ1) is 22.1. The maximum Gasteiger partial charge on any atom is 0.243 e. The molecule has 0 aliphatic carbocycles. The van der Waals surface area contributed by atoms with E-state index in [4.69, 9.17) is 0 Å². The van der Waals surface area contributed by atoms with Crippen molar-refractivity contribution < 1.29 is 18.0 Å². The van der Waals surface area contributed by atoms with Crippen LogP contribution in [0.4, 0.5) is 0 Å². The molecule has 1 atom stereocenters. The van der Waals surface area contributed by atoms with Gasteiger partial charge in [0.1, 0.15) is 6.04 Å². The Morgan fingerprint density at radius 3 is 2.00 bits per heavy atom. The Balaban J connectivity index is 2.64. The van der Waals surface area contributed by atoms with Crippen LogP contribution in [-0.4, -0.2) is 32.3 Å². The third kappa shape index (κ3) is 7.97. The van der Waals surface area contributed by atoms with Gasteiger partial charge in [0.2, 0.25) is 21.8 Å². The van der Waals surface area contributed by atoms with Crippen LogP contribution < -0.4 is 15.4 Å². The number of hydrogen-bond donors (Lipinski definition) is 3. The van der Waals surface area contributed by atoms with Gasteiger partial charge in [-0.05, 0) is 30.9 Å². The van der Waals surface area contributed by atoms with Crippen LogP contribution in [0, 0.1) is 5.92 Å². The Labute approximate surface area is 156 Å². The molecule has 1 rings (SSSR count). The van der Waals surface area contributed by atoms with E-state index in [0.717, 1.165) is 5.56 Å². The quantitative estimate of drug-likeness (QED) is 0.598. The van der Waals surface area contributed by atoms with Gasteiger partial charge in [-0.1, -0.05) is 38.1 Å². The summed E-state index contributed by atoms with van der Waals surface area (Å²) in [6.45, 7) is 8.95. The lowest BCUT2D eigenvalue weighted by atomic mass is 10.0. The second-order valence-corrected chi connectivity index (χ2v) is 8.74. The Morgan fingerprint density at radius 1 is 1.00 bits per heavy atom. The van der Waals surface area contributed by atoms with Gasteiger partial charge in [0.25, 0.3) is 0 Å². The lowest BCUT2D eigenvalue weighted by Gasteiger charge is -2.21. The third-order valence-corrected chi connectivity index (χ3v) is 5.11. The minimum Gasteiger partial charge on any atom is -0.350 e. The van der Waals surface area contributed by atoms with Crippen LogP contribution in [-0.2, 0) is 31.9 Å². The molecule has 0 radical (unpaired) electrons. The van der Waals surface area contributed by atoms with Crippen molar-refractivity contribution in [3.05, 3.63) is 35.4 Å². The van der Waals surface area contributed by atoms with Crippen molar-refractivity contribution in [1.82, 2.24) is 15.4 Å². The van der Waals surface area contributed by atoms with Gasteiger partial charge in [0.15, 0.2) is 0 Å². The van der Waals surface area contributed by atoms with Gasteiger partial charge in [-0.3, -0.25) is 9.59 Å². The van der Waals surface area contributed by atoms with Gasteiger partial charge >= 0.3 is 0 Å². The van der Waals surface area contributed by atoms with Crippen LogP contribution >= 0.6 is 0 Å². The molecule has 0 aromatic heterocycles. The average Bonchev–Trinajstić information content (AvgIpc) is 2.49. The molecule has 1 aromatic carbocycles. The SMILES string of the molecule is CC(=O)N[C@H](C(=O)NCc1ccc(CS(=O)(=O)NC(C)C)cc1)C(C)C. The number of nitrogens with one attached hydrogen (secondary N) is 3. The molecule has 3 N–H and O–H groups in total. The smallest absolute Gasteiger partial charge is 0.243 e. The highest BCUT2D eigenvalue weighted by molar-refractivity contribution is 7.88. The van der Waals surface area contributed by atoms with E-state index in [1.807, 2.05) is 13.8 Å². The highest BCUT2D eigenvalue weighted by Crippen LogP contribution is 2.09. The van der Waals surface area contributed by atoms with E-state index in [2.05, 4.69) is 15.4 Å². The van der Waals surface area contributed by atoms with Gasteiger partial charge in [-0.25, -0.2) is 13.1 Å². The molecule has 7 nitrogen and oxygen atoms in total. The molecular weight excluding hydrogens is 354 g/mol. The summed E-state index contributed by atoms with van der Waals surface area (Å²) in [6, 6.07) is 6.29. The highest BCUT2D eigenvalue weighted by Gasteiger charge is 2.22. The summed E-state index contributed by atoms with van der Waals surface area (Å²) in [5.41, 5.74) is 1.52. The van der Waals surface area contributed by atoms with E-state index in [1.54, 1.807) is 38.1 Å². The van der Waals surface area contributed by atoms with Gasteiger partial charge < -0.3 is 10.6 Å². The summed E-state index contributed by atoms with van der Waals surface area (Å²) in [4.78, 5) is 23.4. The molecule has 0 spiro atoms. The van der Waals surface area contributed by atoms with Crippen molar-refractivity contribution >= 4 is 21.8 Å². The first-order valence-electron chi connectivity index (χ1n) is 8.63. The zero-order valence-electron chi connectivity index (χ0n) is 16.0. The normalized spacial score (nSPS) is 12.9. The van der Waals surface area contributed by atoms with Crippen molar-refractivity contribution in [2.75, 3.05) is 0 Å². The van der Waals surface area contributed by atoms with Crippen LogP contribution in [0.3, 0.4) is 0 Å². The number of hydrogen-bond acceptors (Lipinski definition) is 4. The van der Waals surface area contributed by atoms with Crippen LogP contribution in [0.15, 0.2) is 24.3 Å². The van der Waals surface area contributed by atoms with Crippen LogP contribution in [0.1, 0.15) is 45.7 Å². The molecule has 0 unspecified atom stereocenters. The maximum atomic E-state index is 12.2. The van der Waals surface area contributed by atoms with Crippen molar-refractivity contribution in [2.45, 2.75) is 59.0 Å². The second kappa shape index (κ2) is 9.68. The zero-order valence-corrected chi connectivity index (χ0v) is 16.8. The largest absolute Gasteiger partial charge is 0.350 e. The van der Waals surface area contributed by atoms with E-state index in [0.29, 0.717) is 12.1 Å². The lowest BCUT2D eigenvalue weighted by molar-refractivity contribution is -0.129. The van der Waals surface area contributed by atoms with Gasteiger partial charge in [-0.15, -0.1) is 0 Å². The zero-order chi connectivity index (χ0) is 19.9. The number of rotatable bonds is 9. The molecule has 0 saturated carbocycles. The number of benzene rings is 1. The fourth-order valence-electron chi connectivity index (χ4n) is 2.43.